The fourth-order valence-electron chi connectivity index (χ4n) is 3.69. The molecule has 1 amide bonds. The average molecular weight is 367 g/mol. The summed E-state index contributed by atoms with van der Waals surface area (Å²) in [5.41, 5.74) is 2.20. The van der Waals surface area contributed by atoms with Crippen LogP contribution in [0.3, 0.4) is 0 Å². The largest absolute Gasteiger partial charge is 0.490 e. The van der Waals surface area contributed by atoms with Gasteiger partial charge in [0.25, 0.3) is 0 Å². The SMILES string of the molecule is Cc1[nH]c2c(F)cccc2c1CC(=O)N1CCC(Oc2ccncc2)CC1. The Balaban J connectivity index is 1.39. The Morgan fingerprint density at radius 3 is 2.74 bits per heavy atom. The van der Waals surface area contributed by atoms with Crippen LogP contribution in [0, 0.1) is 12.7 Å². The van der Waals surface area contributed by atoms with Gasteiger partial charge in [0.05, 0.1) is 11.9 Å². The number of fused-ring (bicyclic) bond motifs is 1. The van der Waals surface area contributed by atoms with Crippen molar-refractivity contribution in [3.8, 4) is 5.75 Å². The molecule has 1 fully saturated rings. The predicted octanol–water partition coefficient (Wildman–Crippen LogP) is 3.62. The van der Waals surface area contributed by atoms with Crippen LogP contribution in [-0.4, -0.2) is 40.0 Å². The number of H-pyrrole nitrogens is 1. The molecule has 0 unspecified atom stereocenters. The summed E-state index contributed by atoms with van der Waals surface area (Å²) in [4.78, 5) is 21.7. The summed E-state index contributed by atoms with van der Waals surface area (Å²) in [6.07, 6.45) is 5.41. The van der Waals surface area contributed by atoms with Gasteiger partial charge in [-0.3, -0.25) is 9.78 Å². The summed E-state index contributed by atoms with van der Waals surface area (Å²) in [5, 5.41) is 0.789. The topological polar surface area (TPSA) is 58.2 Å². The van der Waals surface area contributed by atoms with E-state index in [1.807, 2.05) is 30.0 Å². The van der Waals surface area contributed by atoms with Gasteiger partial charge in [0.15, 0.2) is 0 Å². The maximum absolute atomic E-state index is 13.9. The normalized spacial score (nSPS) is 15.3. The number of carbonyl (C=O) groups is 1. The summed E-state index contributed by atoms with van der Waals surface area (Å²) in [6.45, 7) is 3.23. The monoisotopic (exact) mass is 367 g/mol. The van der Waals surface area contributed by atoms with Crippen LogP contribution in [-0.2, 0) is 11.2 Å². The molecule has 1 N–H and O–H groups in total. The molecule has 0 radical (unpaired) electrons. The van der Waals surface area contributed by atoms with Gasteiger partial charge >= 0.3 is 0 Å². The Morgan fingerprint density at radius 2 is 2.00 bits per heavy atom. The van der Waals surface area contributed by atoms with Gasteiger partial charge in [-0.25, -0.2) is 4.39 Å². The second-order valence-electron chi connectivity index (χ2n) is 6.95. The van der Waals surface area contributed by atoms with Crippen LogP contribution in [0.1, 0.15) is 24.1 Å². The minimum absolute atomic E-state index is 0.0747. The molecule has 5 nitrogen and oxygen atoms in total. The number of nitrogens with zero attached hydrogens (tertiary/aromatic N) is 2. The molecule has 6 heteroatoms. The zero-order chi connectivity index (χ0) is 18.8. The Kier molecular flexibility index (Phi) is 4.79. The number of amides is 1. The van der Waals surface area contributed by atoms with Crippen molar-refractivity contribution >= 4 is 16.8 Å². The summed E-state index contributed by atoms with van der Waals surface area (Å²) >= 11 is 0. The fraction of sp³-hybridized carbons (Fsp3) is 0.333. The van der Waals surface area contributed by atoms with E-state index in [0.717, 1.165) is 35.2 Å². The van der Waals surface area contributed by atoms with Crippen molar-refractivity contribution in [1.29, 1.82) is 0 Å². The highest BCUT2D eigenvalue weighted by Crippen LogP contribution is 2.26. The van der Waals surface area contributed by atoms with E-state index in [0.29, 0.717) is 18.6 Å². The average Bonchev–Trinajstić information content (AvgIpc) is 3.00. The van der Waals surface area contributed by atoms with Gasteiger partial charge in [-0.1, -0.05) is 12.1 Å². The second kappa shape index (κ2) is 7.39. The maximum Gasteiger partial charge on any atom is 0.227 e. The molecule has 1 aliphatic rings. The van der Waals surface area contributed by atoms with Crippen molar-refractivity contribution < 1.29 is 13.9 Å². The first-order valence-electron chi connectivity index (χ1n) is 9.22. The molecule has 3 aromatic rings. The van der Waals surface area contributed by atoms with Crippen molar-refractivity contribution in [2.24, 2.45) is 0 Å². The lowest BCUT2D eigenvalue weighted by molar-refractivity contribution is -0.132. The van der Waals surface area contributed by atoms with Gasteiger partial charge in [-0.05, 0) is 30.7 Å². The van der Waals surface area contributed by atoms with Gasteiger partial charge in [-0.15, -0.1) is 0 Å². The van der Waals surface area contributed by atoms with Crippen LogP contribution in [0.15, 0.2) is 42.7 Å². The van der Waals surface area contributed by atoms with E-state index >= 15 is 0 Å². The third-order valence-corrected chi connectivity index (χ3v) is 5.18. The van der Waals surface area contributed by atoms with Crippen molar-refractivity contribution in [2.45, 2.75) is 32.3 Å². The minimum Gasteiger partial charge on any atom is -0.490 e. The number of halogens is 1. The predicted molar refractivity (Wildman–Crippen MR) is 101 cm³/mol. The van der Waals surface area contributed by atoms with Crippen LogP contribution in [0.25, 0.3) is 10.9 Å². The van der Waals surface area contributed by atoms with Crippen molar-refractivity contribution in [3.05, 3.63) is 59.8 Å². The number of hydrogen-bond acceptors (Lipinski definition) is 3. The Labute approximate surface area is 157 Å². The summed E-state index contributed by atoms with van der Waals surface area (Å²) in [7, 11) is 0. The standard InChI is InChI=1S/C21H22FN3O2/c1-14-18(17-3-2-4-19(22)21(17)24-14)13-20(26)25-11-7-16(8-12-25)27-15-5-9-23-10-6-15/h2-6,9-10,16,24H,7-8,11-13H2,1H3. The molecule has 0 atom stereocenters. The van der Waals surface area contributed by atoms with Crippen LogP contribution in [0.5, 0.6) is 5.75 Å². The molecule has 1 saturated heterocycles. The number of aromatic nitrogens is 2. The number of benzene rings is 1. The number of piperidine rings is 1. The molecule has 140 valence electrons. The van der Waals surface area contributed by atoms with Crippen molar-refractivity contribution in [2.75, 3.05) is 13.1 Å². The molecular formula is C21H22FN3O2. The van der Waals surface area contributed by atoms with E-state index in [2.05, 4.69) is 9.97 Å². The number of aromatic amines is 1. The smallest absolute Gasteiger partial charge is 0.227 e. The van der Waals surface area contributed by atoms with Gasteiger partial charge in [0.1, 0.15) is 17.7 Å². The van der Waals surface area contributed by atoms with Crippen LogP contribution < -0.4 is 4.74 Å². The first-order chi connectivity index (χ1) is 13.1. The lowest BCUT2D eigenvalue weighted by Gasteiger charge is -2.32. The highest BCUT2D eigenvalue weighted by Gasteiger charge is 2.25. The lowest BCUT2D eigenvalue weighted by atomic mass is 10.0. The first kappa shape index (κ1) is 17.5. The molecule has 1 aromatic carbocycles. The number of hydrogen-bond donors (Lipinski definition) is 1. The molecule has 1 aliphatic heterocycles. The zero-order valence-corrected chi connectivity index (χ0v) is 15.2. The van der Waals surface area contributed by atoms with Crippen LogP contribution in [0.2, 0.25) is 0 Å². The molecule has 0 bridgehead atoms. The van der Waals surface area contributed by atoms with E-state index in [1.165, 1.54) is 6.07 Å². The second-order valence-corrected chi connectivity index (χ2v) is 6.95. The van der Waals surface area contributed by atoms with E-state index in [-0.39, 0.29) is 24.2 Å². The minimum atomic E-state index is -0.289. The molecule has 27 heavy (non-hydrogen) atoms. The number of aryl methyl sites for hydroxylation is 1. The van der Waals surface area contributed by atoms with Gasteiger partial charge < -0.3 is 14.6 Å². The highest BCUT2D eigenvalue weighted by molar-refractivity contribution is 5.90. The molecular weight excluding hydrogens is 345 g/mol. The molecule has 3 heterocycles. The summed E-state index contributed by atoms with van der Waals surface area (Å²) in [6, 6.07) is 8.66. The van der Waals surface area contributed by atoms with Crippen molar-refractivity contribution in [3.63, 3.8) is 0 Å². The lowest BCUT2D eigenvalue weighted by Crippen LogP contribution is -2.42. The summed E-state index contributed by atoms with van der Waals surface area (Å²) < 4.78 is 19.9. The molecule has 0 aliphatic carbocycles. The van der Waals surface area contributed by atoms with E-state index in [4.69, 9.17) is 4.74 Å². The number of pyridine rings is 1. The van der Waals surface area contributed by atoms with Crippen molar-refractivity contribution in [1.82, 2.24) is 14.9 Å². The fourth-order valence-corrected chi connectivity index (χ4v) is 3.69. The van der Waals surface area contributed by atoms with E-state index in [1.54, 1.807) is 18.5 Å². The number of ether oxygens (including phenoxy) is 1. The molecule has 4 rings (SSSR count). The van der Waals surface area contributed by atoms with Gasteiger partial charge in [0, 0.05) is 49.4 Å². The number of carbonyl (C=O) groups excluding carboxylic acids is 1. The Bertz CT molecular complexity index is 947. The quantitative estimate of drug-likeness (QED) is 0.766. The Morgan fingerprint density at radius 1 is 1.26 bits per heavy atom. The van der Waals surface area contributed by atoms with Crippen LogP contribution >= 0.6 is 0 Å². The third-order valence-electron chi connectivity index (χ3n) is 5.18. The highest BCUT2D eigenvalue weighted by atomic mass is 19.1. The zero-order valence-electron chi connectivity index (χ0n) is 15.2. The number of para-hydroxylation sites is 1. The van der Waals surface area contributed by atoms with E-state index in [9.17, 15) is 9.18 Å². The number of rotatable bonds is 4. The van der Waals surface area contributed by atoms with Gasteiger partial charge in [0.2, 0.25) is 5.91 Å². The number of nitrogens with one attached hydrogen (secondary N) is 1. The first-order valence-corrected chi connectivity index (χ1v) is 9.22. The molecule has 0 saturated carbocycles. The Hall–Kier alpha value is -2.89. The van der Waals surface area contributed by atoms with Gasteiger partial charge in [-0.2, -0.15) is 0 Å². The summed E-state index contributed by atoms with van der Waals surface area (Å²) in [5.74, 6) is 0.597. The van der Waals surface area contributed by atoms with E-state index < -0.39 is 0 Å². The third kappa shape index (κ3) is 3.65. The molecule has 2 aromatic heterocycles. The van der Waals surface area contributed by atoms with Crippen LogP contribution in [0.4, 0.5) is 4.39 Å². The number of likely N-dealkylation sites (tertiary alicyclic amines) is 1. The maximum atomic E-state index is 13.9. The molecule has 0 spiro atoms.